The summed E-state index contributed by atoms with van der Waals surface area (Å²) in [6, 6.07) is 8.11. The van der Waals surface area contributed by atoms with E-state index in [1.165, 1.54) is 18.5 Å². The van der Waals surface area contributed by atoms with Gasteiger partial charge in [-0.15, -0.1) is 0 Å². The number of rotatable bonds is 5. The van der Waals surface area contributed by atoms with Crippen molar-refractivity contribution < 1.29 is 9.53 Å². The Hall–Kier alpha value is -1.91. The van der Waals surface area contributed by atoms with Crippen LogP contribution in [0.4, 0.5) is 16.2 Å². The van der Waals surface area contributed by atoms with E-state index in [1.54, 1.807) is 0 Å². The molecule has 0 bridgehead atoms. The van der Waals surface area contributed by atoms with E-state index in [1.807, 2.05) is 39.0 Å². The van der Waals surface area contributed by atoms with Crippen molar-refractivity contribution in [3.05, 3.63) is 24.3 Å². The third-order valence-corrected chi connectivity index (χ3v) is 4.31. The molecule has 0 aromatic heterocycles. The maximum absolute atomic E-state index is 11.6. The summed E-state index contributed by atoms with van der Waals surface area (Å²) in [6.07, 6.45) is 4.23. The number of carbonyl (C=O) groups excluding carboxylic acids is 1. The minimum Gasteiger partial charge on any atom is -0.444 e. The van der Waals surface area contributed by atoms with E-state index >= 15 is 0 Å². The molecular formula is C19H31N3O2. The first-order valence-corrected chi connectivity index (χ1v) is 8.91. The van der Waals surface area contributed by atoms with Crippen molar-refractivity contribution in [1.29, 1.82) is 0 Å². The Balaban J connectivity index is 1.62. The fourth-order valence-electron chi connectivity index (χ4n) is 3.10. The number of alkyl carbamates (subject to hydrolysis) is 1. The molecule has 134 valence electrons. The van der Waals surface area contributed by atoms with E-state index < -0.39 is 5.60 Å². The number of anilines is 2. The molecule has 1 heterocycles. The molecule has 0 spiro atoms. The smallest absolute Gasteiger partial charge is 0.407 e. The maximum atomic E-state index is 11.6. The summed E-state index contributed by atoms with van der Waals surface area (Å²) in [5, 5.41) is 2.83. The number of hydrogen-bond acceptors (Lipinski definition) is 4. The number of nitrogens with zero attached hydrogens (tertiary/aromatic N) is 1. The van der Waals surface area contributed by atoms with Crippen LogP contribution in [0.25, 0.3) is 0 Å². The van der Waals surface area contributed by atoms with Crippen LogP contribution >= 0.6 is 0 Å². The number of carbonyl (C=O) groups is 1. The van der Waals surface area contributed by atoms with E-state index in [0.29, 0.717) is 6.54 Å². The van der Waals surface area contributed by atoms with Gasteiger partial charge in [-0.05, 0) is 70.6 Å². The first-order chi connectivity index (χ1) is 11.3. The number of hydrogen-bond donors (Lipinski definition) is 2. The predicted molar refractivity (Wildman–Crippen MR) is 99.3 cm³/mol. The standard InChI is InChI=1S/C19H31N3O2/c1-19(2,3)24-18(23)21-11-5-6-15-9-12-22(13-10-15)17-8-4-7-16(20)14-17/h4,7-8,14-15H,5-6,9-13,20H2,1-3H3,(H,21,23). The minimum atomic E-state index is -0.433. The number of nitrogens with one attached hydrogen (secondary N) is 1. The molecule has 1 fully saturated rings. The Morgan fingerprint density at radius 2 is 2.04 bits per heavy atom. The second-order valence-electron chi connectivity index (χ2n) is 7.60. The molecule has 1 aromatic rings. The maximum Gasteiger partial charge on any atom is 0.407 e. The van der Waals surface area contributed by atoms with Gasteiger partial charge in [0, 0.05) is 31.0 Å². The van der Waals surface area contributed by atoms with Crippen molar-refractivity contribution in [3.8, 4) is 0 Å². The van der Waals surface area contributed by atoms with Gasteiger partial charge in [0.05, 0.1) is 0 Å². The molecule has 0 radical (unpaired) electrons. The van der Waals surface area contributed by atoms with Crippen molar-refractivity contribution in [1.82, 2.24) is 5.32 Å². The first-order valence-electron chi connectivity index (χ1n) is 8.91. The third-order valence-electron chi connectivity index (χ3n) is 4.31. The molecule has 0 unspecified atom stereocenters. The monoisotopic (exact) mass is 333 g/mol. The van der Waals surface area contributed by atoms with Crippen molar-refractivity contribution in [3.63, 3.8) is 0 Å². The topological polar surface area (TPSA) is 67.6 Å². The van der Waals surface area contributed by atoms with Crippen molar-refractivity contribution in [2.45, 2.75) is 52.1 Å². The Labute approximate surface area is 145 Å². The number of piperidine rings is 1. The molecule has 3 N–H and O–H groups in total. The lowest BCUT2D eigenvalue weighted by Gasteiger charge is -2.33. The van der Waals surface area contributed by atoms with E-state index in [2.05, 4.69) is 16.3 Å². The van der Waals surface area contributed by atoms with Crippen LogP contribution in [0.3, 0.4) is 0 Å². The Kier molecular flexibility index (Phi) is 6.35. The summed E-state index contributed by atoms with van der Waals surface area (Å²) < 4.78 is 5.24. The van der Waals surface area contributed by atoms with Gasteiger partial charge in [-0.1, -0.05) is 6.07 Å². The van der Waals surface area contributed by atoms with Gasteiger partial charge >= 0.3 is 6.09 Å². The number of nitrogens with two attached hydrogens (primary N) is 1. The average Bonchev–Trinajstić information content (AvgIpc) is 2.50. The zero-order valence-corrected chi connectivity index (χ0v) is 15.2. The number of ether oxygens (including phenoxy) is 1. The molecule has 0 aliphatic carbocycles. The molecule has 1 amide bonds. The van der Waals surface area contributed by atoms with Crippen LogP contribution in [-0.2, 0) is 4.74 Å². The fourth-order valence-corrected chi connectivity index (χ4v) is 3.10. The zero-order valence-electron chi connectivity index (χ0n) is 15.2. The molecule has 5 nitrogen and oxygen atoms in total. The van der Waals surface area contributed by atoms with Gasteiger partial charge in [-0.2, -0.15) is 0 Å². The van der Waals surface area contributed by atoms with Crippen molar-refractivity contribution >= 4 is 17.5 Å². The predicted octanol–water partition coefficient (Wildman–Crippen LogP) is 3.79. The van der Waals surface area contributed by atoms with Gasteiger partial charge in [0.15, 0.2) is 0 Å². The van der Waals surface area contributed by atoms with Gasteiger partial charge in [0.25, 0.3) is 0 Å². The van der Waals surface area contributed by atoms with Crippen LogP contribution in [0.2, 0.25) is 0 Å². The van der Waals surface area contributed by atoms with Crippen LogP contribution in [0.1, 0.15) is 46.5 Å². The van der Waals surface area contributed by atoms with E-state index in [0.717, 1.165) is 37.5 Å². The Morgan fingerprint density at radius 3 is 2.67 bits per heavy atom. The van der Waals surface area contributed by atoms with Crippen molar-refractivity contribution in [2.75, 3.05) is 30.3 Å². The summed E-state index contributed by atoms with van der Waals surface area (Å²) in [4.78, 5) is 14.0. The van der Waals surface area contributed by atoms with E-state index in [9.17, 15) is 4.79 Å². The highest BCUT2D eigenvalue weighted by atomic mass is 16.6. The second kappa shape index (κ2) is 8.27. The Morgan fingerprint density at radius 1 is 1.33 bits per heavy atom. The lowest BCUT2D eigenvalue weighted by Crippen LogP contribution is -2.35. The SMILES string of the molecule is CC(C)(C)OC(=O)NCCCC1CCN(c2cccc(N)c2)CC1. The molecule has 1 aliphatic rings. The molecule has 5 heteroatoms. The van der Waals surface area contributed by atoms with Gasteiger partial charge in [0.1, 0.15) is 5.60 Å². The third kappa shape index (κ3) is 6.30. The van der Waals surface area contributed by atoms with Gasteiger partial charge < -0.3 is 20.7 Å². The number of amides is 1. The van der Waals surface area contributed by atoms with Crippen LogP contribution in [0.5, 0.6) is 0 Å². The highest BCUT2D eigenvalue weighted by molar-refractivity contribution is 5.67. The normalized spacial score (nSPS) is 16.0. The van der Waals surface area contributed by atoms with Crippen LogP contribution in [0.15, 0.2) is 24.3 Å². The fraction of sp³-hybridized carbons (Fsp3) is 0.632. The Bertz CT molecular complexity index is 532. The number of nitrogen functional groups attached to an aromatic ring is 1. The summed E-state index contributed by atoms with van der Waals surface area (Å²) in [7, 11) is 0. The van der Waals surface area contributed by atoms with Gasteiger partial charge in [-0.25, -0.2) is 4.79 Å². The summed E-state index contributed by atoms with van der Waals surface area (Å²) in [6.45, 7) is 8.47. The van der Waals surface area contributed by atoms with Crippen LogP contribution in [0, 0.1) is 5.92 Å². The lowest BCUT2D eigenvalue weighted by molar-refractivity contribution is 0.0526. The highest BCUT2D eigenvalue weighted by Gasteiger charge is 2.20. The molecule has 1 aromatic carbocycles. The minimum absolute atomic E-state index is 0.320. The highest BCUT2D eigenvalue weighted by Crippen LogP contribution is 2.26. The number of benzene rings is 1. The molecule has 0 saturated carbocycles. The van der Waals surface area contributed by atoms with Crippen molar-refractivity contribution in [2.24, 2.45) is 5.92 Å². The van der Waals surface area contributed by atoms with E-state index in [-0.39, 0.29) is 6.09 Å². The average molecular weight is 333 g/mol. The second-order valence-corrected chi connectivity index (χ2v) is 7.60. The molecule has 0 atom stereocenters. The molecule has 24 heavy (non-hydrogen) atoms. The molecule has 1 aliphatic heterocycles. The quantitative estimate of drug-likeness (QED) is 0.635. The zero-order chi connectivity index (χ0) is 17.6. The first kappa shape index (κ1) is 18.4. The van der Waals surface area contributed by atoms with Gasteiger partial charge in [-0.3, -0.25) is 0 Å². The largest absolute Gasteiger partial charge is 0.444 e. The van der Waals surface area contributed by atoms with Gasteiger partial charge in [0.2, 0.25) is 0 Å². The molecule has 1 saturated heterocycles. The summed E-state index contributed by atoms with van der Waals surface area (Å²) >= 11 is 0. The summed E-state index contributed by atoms with van der Waals surface area (Å²) in [5.74, 6) is 0.739. The lowest BCUT2D eigenvalue weighted by atomic mass is 9.92. The van der Waals surface area contributed by atoms with E-state index in [4.69, 9.17) is 10.5 Å². The molecule has 2 rings (SSSR count). The molecular weight excluding hydrogens is 302 g/mol. The summed E-state index contributed by atoms with van der Waals surface area (Å²) in [5.41, 5.74) is 7.48. The van der Waals surface area contributed by atoms with Crippen LogP contribution < -0.4 is 16.0 Å². The van der Waals surface area contributed by atoms with Crippen LogP contribution in [-0.4, -0.2) is 31.3 Å².